The summed E-state index contributed by atoms with van der Waals surface area (Å²) in [6.45, 7) is 0. The summed E-state index contributed by atoms with van der Waals surface area (Å²) in [6, 6.07) is 3.31. The second kappa shape index (κ2) is 4.53. The Morgan fingerprint density at radius 3 is 3.20 bits per heavy atom. The summed E-state index contributed by atoms with van der Waals surface area (Å²) in [7, 11) is 0. The van der Waals surface area contributed by atoms with Gasteiger partial charge < -0.3 is 10.5 Å². The number of rotatable bonds is 3. The van der Waals surface area contributed by atoms with Crippen LogP contribution >= 0.6 is 11.8 Å². The Morgan fingerprint density at radius 1 is 1.67 bits per heavy atom. The van der Waals surface area contributed by atoms with Crippen LogP contribution in [-0.2, 0) is 0 Å². The number of primary amides is 1. The molecule has 5 heteroatoms. The predicted octanol–water partition coefficient (Wildman–Crippen LogP) is 1.06. The third kappa shape index (κ3) is 2.41. The van der Waals surface area contributed by atoms with Gasteiger partial charge in [0.1, 0.15) is 11.7 Å². The molecule has 1 fully saturated rings. The van der Waals surface area contributed by atoms with E-state index in [4.69, 9.17) is 10.5 Å². The molecule has 1 aromatic heterocycles. The van der Waals surface area contributed by atoms with Crippen molar-refractivity contribution in [3.8, 4) is 5.88 Å². The summed E-state index contributed by atoms with van der Waals surface area (Å²) in [5.74, 6) is 1.92. The van der Waals surface area contributed by atoms with Crippen molar-refractivity contribution in [2.45, 2.75) is 12.5 Å². The van der Waals surface area contributed by atoms with Gasteiger partial charge in [-0.2, -0.15) is 11.8 Å². The van der Waals surface area contributed by atoms with Crippen molar-refractivity contribution in [3.05, 3.63) is 23.9 Å². The number of thioether (sulfide) groups is 1. The number of hydrogen-bond acceptors (Lipinski definition) is 4. The molecular formula is C10H12N2O2S. The number of nitrogens with zero attached hydrogens (tertiary/aromatic N) is 1. The molecule has 1 aromatic rings. The summed E-state index contributed by atoms with van der Waals surface area (Å²) >= 11 is 1.85. The maximum Gasteiger partial charge on any atom is 0.254 e. The summed E-state index contributed by atoms with van der Waals surface area (Å²) in [5.41, 5.74) is 5.58. The normalized spacial score (nSPS) is 20.1. The number of carbonyl (C=O) groups excluding carboxylic acids is 1. The molecule has 4 nitrogen and oxygen atoms in total. The van der Waals surface area contributed by atoms with Crippen molar-refractivity contribution in [2.75, 3.05) is 11.5 Å². The molecule has 1 amide bonds. The van der Waals surface area contributed by atoms with Gasteiger partial charge in [-0.25, -0.2) is 4.98 Å². The van der Waals surface area contributed by atoms with Gasteiger partial charge in [-0.1, -0.05) is 0 Å². The molecule has 0 radical (unpaired) electrons. The minimum absolute atomic E-state index is 0.156. The van der Waals surface area contributed by atoms with Crippen LogP contribution in [0.3, 0.4) is 0 Å². The van der Waals surface area contributed by atoms with E-state index in [1.807, 2.05) is 11.8 Å². The first kappa shape index (κ1) is 10.3. The highest BCUT2D eigenvalue weighted by Crippen LogP contribution is 2.23. The van der Waals surface area contributed by atoms with Crippen molar-refractivity contribution < 1.29 is 9.53 Å². The van der Waals surface area contributed by atoms with Crippen LogP contribution in [0, 0.1) is 0 Å². The summed E-state index contributed by atoms with van der Waals surface area (Å²) < 4.78 is 5.63. The standard InChI is InChI=1S/C10H12N2O2S/c11-9(13)8-2-1-4-12-10(8)14-7-3-5-15-6-7/h1-2,4,7H,3,5-6H2,(H2,11,13)/t7-/m0/s1. The van der Waals surface area contributed by atoms with E-state index >= 15 is 0 Å². The van der Waals surface area contributed by atoms with Crippen LogP contribution < -0.4 is 10.5 Å². The van der Waals surface area contributed by atoms with Gasteiger partial charge in [0.05, 0.1) is 0 Å². The van der Waals surface area contributed by atoms with Gasteiger partial charge in [0.25, 0.3) is 5.91 Å². The summed E-state index contributed by atoms with van der Waals surface area (Å²) in [6.07, 6.45) is 2.76. The molecule has 0 unspecified atom stereocenters. The molecule has 2 heterocycles. The highest BCUT2D eigenvalue weighted by atomic mass is 32.2. The second-order valence-electron chi connectivity index (χ2n) is 3.32. The zero-order chi connectivity index (χ0) is 10.7. The van der Waals surface area contributed by atoms with Gasteiger partial charge in [0.2, 0.25) is 5.88 Å². The molecule has 1 aliphatic heterocycles. The van der Waals surface area contributed by atoms with E-state index in [2.05, 4.69) is 4.98 Å². The third-order valence-electron chi connectivity index (χ3n) is 2.20. The van der Waals surface area contributed by atoms with E-state index < -0.39 is 5.91 Å². The van der Waals surface area contributed by atoms with Crippen molar-refractivity contribution in [1.29, 1.82) is 0 Å². The number of nitrogens with two attached hydrogens (primary N) is 1. The SMILES string of the molecule is NC(=O)c1cccnc1O[C@H]1CCSC1. The predicted molar refractivity (Wildman–Crippen MR) is 59.1 cm³/mol. The number of carbonyl (C=O) groups is 1. The van der Waals surface area contributed by atoms with E-state index in [0.717, 1.165) is 17.9 Å². The van der Waals surface area contributed by atoms with Gasteiger partial charge in [-0.3, -0.25) is 4.79 Å². The average Bonchev–Trinajstić information content (AvgIpc) is 2.71. The number of aromatic nitrogens is 1. The van der Waals surface area contributed by atoms with E-state index in [1.165, 1.54) is 0 Å². The van der Waals surface area contributed by atoms with Gasteiger partial charge in [-0.05, 0) is 24.3 Å². The average molecular weight is 224 g/mol. The van der Waals surface area contributed by atoms with Crippen LogP contribution in [0.15, 0.2) is 18.3 Å². The third-order valence-corrected chi connectivity index (χ3v) is 3.33. The Morgan fingerprint density at radius 2 is 2.53 bits per heavy atom. The van der Waals surface area contributed by atoms with Gasteiger partial charge in [0, 0.05) is 11.9 Å². The lowest BCUT2D eigenvalue weighted by molar-refractivity contribution is 0.0992. The second-order valence-corrected chi connectivity index (χ2v) is 4.47. The van der Waals surface area contributed by atoms with Gasteiger partial charge in [0.15, 0.2) is 0 Å². The minimum atomic E-state index is -0.497. The minimum Gasteiger partial charge on any atom is -0.473 e. The highest BCUT2D eigenvalue weighted by Gasteiger charge is 2.20. The van der Waals surface area contributed by atoms with Crippen molar-refractivity contribution in [1.82, 2.24) is 4.98 Å². The first-order chi connectivity index (χ1) is 7.27. The van der Waals surface area contributed by atoms with Gasteiger partial charge in [-0.15, -0.1) is 0 Å². The van der Waals surface area contributed by atoms with Crippen LogP contribution in [0.4, 0.5) is 0 Å². The fraction of sp³-hybridized carbons (Fsp3) is 0.400. The summed E-state index contributed by atoms with van der Waals surface area (Å²) in [5, 5.41) is 0. The fourth-order valence-electron chi connectivity index (χ4n) is 1.44. The Bertz CT molecular complexity index is 364. The first-order valence-corrected chi connectivity index (χ1v) is 5.92. The molecule has 0 aliphatic carbocycles. The van der Waals surface area contributed by atoms with Crippen LogP contribution in [0.25, 0.3) is 0 Å². The smallest absolute Gasteiger partial charge is 0.254 e. The van der Waals surface area contributed by atoms with Gasteiger partial charge >= 0.3 is 0 Å². The number of hydrogen-bond donors (Lipinski definition) is 1. The maximum atomic E-state index is 11.1. The quantitative estimate of drug-likeness (QED) is 0.834. The molecule has 0 spiro atoms. The van der Waals surface area contributed by atoms with Crippen molar-refractivity contribution in [2.24, 2.45) is 5.73 Å². The molecule has 1 atom stereocenters. The fourth-order valence-corrected chi connectivity index (χ4v) is 2.53. The topological polar surface area (TPSA) is 65.2 Å². The lowest BCUT2D eigenvalue weighted by atomic mass is 10.2. The Balaban J connectivity index is 2.15. The number of pyridine rings is 1. The molecule has 1 aliphatic rings. The van der Waals surface area contributed by atoms with Crippen molar-refractivity contribution in [3.63, 3.8) is 0 Å². The molecular weight excluding hydrogens is 212 g/mol. The molecule has 1 saturated heterocycles. The van der Waals surface area contributed by atoms with E-state index in [0.29, 0.717) is 11.4 Å². The number of ether oxygens (including phenoxy) is 1. The largest absolute Gasteiger partial charge is 0.473 e. The molecule has 15 heavy (non-hydrogen) atoms. The van der Waals surface area contributed by atoms with Crippen LogP contribution in [-0.4, -0.2) is 28.5 Å². The highest BCUT2D eigenvalue weighted by molar-refractivity contribution is 7.99. The molecule has 0 aromatic carbocycles. The monoisotopic (exact) mass is 224 g/mol. The van der Waals surface area contributed by atoms with E-state index in [1.54, 1.807) is 18.3 Å². The first-order valence-electron chi connectivity index (χ1n) is 4.76. The lowest BCUT2D eigenvalue weighted by Crippen LogP contribution is -2.20. The molecule has 80 valence electrons. The molecule has 2 rings (SSSR count). The van der Waals surface area contributed by atoms with E-state index in [9.17, 15) is 4.79 Å². The van der Waals surface area contributed by atoms with E-state index in [-0.39, 0.29) is 6.10 Å². The molecule has 0 bridgehead atoms. The number of amides is 1. The summed E-state index contributed by atoms with van der Waals surface area (Å²) in [4.78, 5) is 15.1. The van der Waals surface area contributed by atoms with Crippen molar-refractivity contribution >= 4 is 17.7 Å². The van der Waals surface area contributed by atoms with Crippen LogP contribution in [0.2, 0.25) is 0 Å². The Hall–Kier alpha value is -1.23. The maximum absolute atomic E-state index is 11.1. The molecule has 2 N–H and O–H groups in total. The lowest BCUT2D eigenvalue weighted by Gasteiger charge is -2.12. The molecule has 0 saturated carbocycles. The Labute approximate surface area is 92.2 Å². The Kier molecular flexibility index (Phi) is 3.11. The zero-order valence-electron chi connectivity index (χ0n) is 8.18. The van der Waals surface area contributed by atoms with Crippen LogP contribution in [0.5, 0.6) is 5.88 Å². The zero-order valence-corrected chi connectivity index (χ0v) is 9.00. The van der Waals surface area contributed by atoms with Crippen LogP contribution in [0.1, 0.15) is 16.8 Å².